The molecule has 0 spiro atoms. The van der Waals surface area contributed by atoms with Gasteiger partial charge in [0, 0.05) is 13.1 Å². The molecule has 0 atom stereocenters. The second kappa shape index (κ2) is 8.28. The number of nitrogens with two attached hydrogens (primary N) is 1. The highest BCUT2D eigenvalue weighted by molar-refractivity contribution is 4.79. The number of aryl methyl sites for hydroxylation is 1. The van der Waals surface area contributed by atoms with Crippen molar-refractivity contribution < 1.29 is 0 Å². The molecule has 0 amide bonds. The Balaban J connectivity index is 1.69. The molecule has 1 fully saturated rings. The molecule has 1 aliphatic rings. The number of hydrogen-bond acceptors (Lipinski definition) is 6. The van der Waals surface area contributed by atoms with Crippen LogP contribution in [0.15, 0.2) is 0 Å². The molecule has 114 valence electrons. The van der Waals surface area contributed by atoms with Crippen LogP contribution in [-0.4, -0.2) is 69.3 Å². The summed E-state index contributed by atoms with van der Waals surface area (Å²) < 4.78 is 0. The number of aromatic nitrogens is 4. The molecule has 0 unspecified atom stereocenters. The molecule has 2 rings (SSSR count). The highest BCUT2D eigenvalue weighted by Gasteiger charge is 2.16. The van der Waals surface area contributed by atoms with Crippen molar-refractivity contribution in [2.24, 2.45) is 12.8 Å². The highest BCUT2D eigenvalue weighted by Crippen LogP contribution is 2.07. The second-order valence-electron chi connectivity index (χ2n) is 5.52. The summed E-state index contributed by atoms with van der Waals surface area (Å²) in [5.41, 5.74) is 5.53. The van der Waals surface area contributed by atoms with Crippen LogP contribution in [0, 0.1) is 0 Å². The average Bonchev–Trinajstić information content (AvgIpc) is 2.71. The largest absolute Gasteiger partial charge is 0.330 e. The van der Waals surface area contributed by atoms with Gasteiger partial charge in [0.25, 0.3) is 0 Å². The van der Waals surface area contributed by atoms with Crippen LogP contribution in [0.3, 0.4) is 0 Å². The minimum Gasteiger partial charge on any atom is -0.330 e. The van der Waals surface area contributed by atoms with Crippen LogP contribution in [0.5, 0.6) is 0 Å². The van der Waals surface area contributed by atoms with E-state index in [9.17, 15) is 0 Å². The molecular weight excluding hydrogens is 254 g/mol. The zero-order chi connectivity index (χ0) is 14.2. The first kappa shape index (κ1) is 15.3. The third kappa shape index (κ3) is 5.15. The fourth-order valence-corrected chi connectivity index (χ4v) is 2.65. The van der Waals surface area contributed by atoms with E-state index in [2.05, 4.69) is 25.2 Å². The first-order valence-electron chi connectivity index (χ1n) is 7.65. The van der Waals surface area contributed by atoms with Gasteiger partial charge in [-0.1, -0.05) is 6.42 Å². The van der Waals surface area contributed by atoms with Crippen molar-refractivity contribution in [3.05, 3.63) is 5.82 Å². The van der Waals surface area contributed by atoms with E-state index in [0.717, 1.165) is 45.0 Å². The lowest BCUT2D eigenvalue weighted by Crippen LogP contribution is -2.31. The third-order valence-corrected chi connectivity index (χ3v) is 3.77. The van der Waals surface area contributed by atoms with Crippen molar-refractivity contribution in [1.82, 2.24) is 30.0 Å². The van der Waals surface area contributed by atoms with Gasteiger partial charge < -0.3 is 10.6 Å². The first-order chi connectivity index (χ1) is 9.78. The lowest BCUT2D eigenvalue weighted by molar-refractivity contribution is 0.245. The van der Waals surface area contributed by atoms with E-state index in [1.807, 2.05) is 7.05 Å². The molecule has 0 saturated carbocycles. The van der Waals surface area contributed by atoms with E-state index < -0.39 is 0 Å². The van der Waals surface area contributed by atoms with Crippen LogP contribution in [0.4, 0.5) is 0 Å². The fraction of sp³-hybridized carbons (Fsp3) is 0.923. The molecule has 20 heavy (non-hydrogen) atoms. The third-order valence-electron chi connectivity index (χ3n) is 3.77. The lowest BCUT2D eigenvalue weighted by Gasteiger charge is -2.20. The van der Waals surface area contributed by atoms with Crippen molar-refractivity contribution >= 4 is 0 Å². The molecule has 0 radical (unpaired) electrons. The van der Waals surface area contributed by atoms with E-state index in [1.165, 1.54) is 37.1 Å². The van der Waals surface area contributed by atoms with Crippen molar-refractivity contribution in [2.45, 2.75) is 32.2 Å². The van der Waals surface area contributed by atoms with Gasteiger partial charge in [-0.2, -0.15) is 4.80 Å². The van der Waals surface area contributed by atoms with Crippen LogP contribution in [0.2, 0.25) is 0 Å². The molecule has 1 aromatic rings. The molecule has 1 aliphatic heterocycles. The molecule has 0 aliphatic carbocycles. The summed E-state index contributed by atoms with van der Waals surface area (Å²) in [6.45, 7) is 7.40. The summed E-state index contributed by atoms with van der Waals surface area (Å²) >= 11 is 0. The Labute approximate surface area is 121 Å². The molecule has 2 N–H and O–H groups in total. The van der Waals surface area contributed by atoms with Crippen molar-refractivity contribution in [3.63, 3.8) is 0 Å². The van der Waals surface area contributed by atoms with Crippen molar-refractivity contribution in [1.29, 1.82) is 0 Å². The summed E-state index contributed by atoms with van der Waals surface area (Å²) in [4.78, 5) is 6.52. The van der Waals surface area contributed by atoms with Gasteiger partial charge in [0.05, 0.1) is 13.6 Å². The molecule has 2 heterocycles. The topological polar surface area (TPSA) is 76.1 Å². The summed E-state index contributed by atoms with van der Waals surface area (Å²) in [6, 6.07) is 0. The van der Waals surface area contributed by atoms with Gasteiger partial charge in [-0.3, -0.25) is 4.90 Å². The molecule has 7 nitrogen and oxygen atoms in total. The van der Waals surface area contributed by atoms with E-state index in [4.69, 9.17) is 5.73 Å². The molecule has 1 saturated heterocycles. The predicted octanol–water partition coefficient (Wildman–Crippen LogP) is -0.153. The average molecular weight is 281 g/mol. The van der Waals surface area contributed by atoms with Gasteiger partial charge in [0.2, 0.25) is 0 Å². The second-order valence-corrected chi connectivity index (χ2v) is 5.52. The minimum absolute atomic E-state index is 0.814. The predicted molar refractivity (Wildman–Crippen MR) is 78.0 cm³/mol. The molecule has 0 bridgehead atoms. The van der Waals surface area contributed by atoms with Crippen molar-refractivity contribution in [3.8, 4) is 0 Å². The smallest absolute Gasteiger partial charge is 0.188 e. The fourth-order valence-electron chi connectivity index (χ4n) is 2.65. The van der Waals surface area contributed by atoms with Gasteiger partial charge in [0.1, 0.15) is 0 Å². The van der Waals surface area contributed by atoms with Crippen LogP contribution in [-0.2, 0) is 13.6 Å². The Morgan fingerprint density at radius 1 is 1.05 bits per heavy atom. The highest BCUT2D eigenvalue weighted by atomic mass is 15.6. The van der Waals surface area contributed by atoms with Crippen molar-refractivity contribution in [2.75, 3.05) is 39.3 Å². The van der Waals surface area contributed by atoms with Crippen LogP contribution in [0.25, 0.3) is 0 Å². The number of nitrogens with zero attached hydrogens (tertiary/aromatic N) is 6. The van der Waals surface area contributed by atoms with E-state index in [-0.39, 0.29) is 0 Å². The zero-order valence-corrected chi connectivity index (χ0v) is 12.5. The van der Waals surface area contributed by atoms with Crippen LogP contribution >= 0.6 is 0 Å². The van der Waals surface area contributed by atoms with Gasteiger partial charge in [-0.15, -0.1) is 10.2 Å². The number of rotatable bonds is 7. The Kier molecular flexibility index (Phi) is 6.35. The van der Waals surface area contributed by atoms with E-state index in [1.54, 1.807) is 0 Å². The van der Waals surface area contributed by atoms with E-state index >= 15 is 0 Å². The lowest BCUT2D eigenvalue weighted by atomic mass is 10.2. The Hall–Kier alpha value is -1.05. The SMILES string of the molecule is Cn1nnc(CN2CCCN(CCCCCN)CC2)n1. The summed E-state index contributed by atoms with van der Waals surface area (Å²) in [6.07, 6.45) is 4.89. The monoisotopic (exact) mass is 281 g/mol. The van der Waals surface area contributed by atoms with Gasteiger partial charge in [-0.25, -0.2) is 0 Å². The Bertz CT molecular complexity index is 379. The van der Waals surface area contributed by atoms with Crippen LogP contribution in [0.1, 0.15) is 31.5 Å². The zero-order valence-electron chi connectivity index (χ0n) is 12.5. The van der Waals surface area contributed by atoms with Gasteiger partial charge >= 0.3 is 0 Å². The van der Waals surface area contributed by atoms with Gasteiger partial charge in [-0.05, 0) is 50.7 Å². The quantitative estimate of drug-likeness (QED) is 0.700. The molecule has 7 heteroatoms. The Morgan fingerprint density at radius 3 is 2.60 bits per heavy atom. The minimum atomic E-state index is 0.814. The molecule has 1 aromatic heterocycles. The maximum atomic E-state index is 5.53. The summed E-state index contributed by atoms with van der Waals surface area (Å²) in [5, 5.41) is 12.2. The van der Waals surface area contributed by atoms with E-state index in [0.29, 0.717) is 0 Å². The normalized spacial score (nSPS) is 18.3. The molecule has 0 aromatic carbocycles. The number of tetrazole rings is 1. The number of unbranched alkanes of at least 4 members (excludes halogenated alkanes) is 2. The maximum absolute atomic E-state index is 5.53. The molecular formula is C13H27N7. The van der Waals surface area contributed by atoms with Gasteiger partial charge in [0.15, 0.2) is 5.82 Å². The Morgan fingerprint density at radius 2 is 1.85 bits per heavy atom. The standard InChI is InChI=1S/C13H27N7/c1-18-16-13(15-17-18)12-20-9-5-8-19(10-11-20)7-4-2-3-6-14/h2-12,14H2,1H3. The first-order valence-corrected chi connectivity index (χ1v) is 7.65. The van der Waals surface area contributed by atoms with Crippen LogP contribution < -0.4 is 5.73 Å². The summed E-state index contributed by atoms with van der Waals surface area (Å²) in [7, 11) is 1.81. The number of hydrogen-bond donors (Lipinski definition) is 1. The maximum Gasteiger partial charge on any atom is 0.188 e. The summed E-state index contributed by atoms with van der Waals surface area (Å²) in [5.74, 6) is 0.823.